The van der Waals surface area contributed by atoms with Gasteiger partial charge in [-0.05, 0) is 47.9 Å². The van der Waals surface area contributed by atoms with Crippen LogP contribution < -0.4 is 16.0 Å². The second-order valence-electron chi connectivity index (χ2n) is 8.70. The Morgan fingerprint density at radius 3 is 2.34 bits per heavy atom. The zero-order valence-electron chi connectivity index (χ0n) is 19.5. The molecule has 1 saturated heterocycles. The first-order valence-electron chi connectivity index (χ1n) is 11.7. The lowest BCUT2D eigenvalue weighted by Crippen LogP contribution is -2.52. The normalized spacial score (nSPS) is 14.7. The van der Waals surface area contributed by atoms with E-state index in [0.717, 1.165) is 33.4 Å². The van der Waals surface area contributed by atoms with Gasteiger partial charge in [-0.15, -0.1) is 0 Å². The monoisotopic (exact) mass is 486 g/mol. The van der Waals surface area contributed by atoms with E-state index in [0.29, 0.717) is 31.2 Å². The number of hydrogen-bond donors (Lipinski definition) is 2. The van der Waals surface area contributed by atoms with Crippen LogP contribution in [0.15, 0.2) is 72.8 Å². The number of hydrogen-bond acceptors (Lipinski definition) is 5. The lowest BCUT2D eigenvalue weighted by atomic mass is 10.0. The maximum atomic E-state index is 12.9. The molecule has 0 aliphatic carbocycles. The van der Waals surface area contributed by atoms with E-state index in [1.165, 1.54) is 0 Å². The van der Waals surface area contributed by atoms with Crippen LogP contribution in [0.3, 0.4) is 0 Å². The van der Waals surface area contributed by atoms with Crippen molar-refractivity contribution in [3.8, 4) is 11.1 Å². The lowest BCUT2D eigenvalue weighted by Gasteiger charge is -2.36. The van der Waals surface area contributed by atoms with Crippen LogP contribution in [0.1, 0.15) is 18.5 Å². The number of nitrogens with two attached hydrogens (primary N) is 1. The van der Waals surface area contributed by atoms with Crippen molar-refractivity contribution in [3.63, 3.8) is 0 Å². The summed E-state index contributed by atoms with van der Waals surface area (Å²) >= 11 is 6.06. The highest BCUT2D eigenvalue weighted by molar-refractivity contribution is 6.30. The quantitative estimate of drug-likeness (QED) is 0.417. The number of nitrogens with one attached hydrogen (secondary N) is 1. The van der Waals surface area contributed by atoms with Gasteiger partial charge in [-0.2, -0.15) is 4.98 Å². The van der Waals surface area contributed by atoms with Gasteiger partial charge in [0.2, 0.25) is 5.95 Å². The van der Waals surface area contributed by atoms with Gasteiger partial charge in [0.25, 0.3) is 0 Å². The number of aromatic nitrogens is 2. The SMILES string of the molecule is C[C@@H](NC(=O)N1CCN(c2nc(N)nc3ccc(-c4ccc(Cl)cc4)cc23)CC1)c1ccccc1. The summed E-state index contributed by atoms with van der Waals surface area (Å²) in [6.45, 7) is 4.50. The number of piperazine rings is 1. The first-order valence-corrected chi connectivity index (χ1v) is 12.0. The van der Waals surface area contributed by atoms with E-state index < -0.39 is 0 Å². The molecule has 2 amide bonds. The molecule has 1 atom stereocenters. The van der Waals surface area contributed by atoms with Gasteiger partial charge in [0.1, 0.15) is 5.82 Å². The topological polar surface area (TPSA) is 87.4 Å². The number of nitrogen functional groups attached to an aromatic ring is 1. The summed E-state index contributed by atoms with van der Waals surface area (Å²) in [5.41, 5.74) is 10.0. The van der Waals surface area contributed by atoms with Crippen molar-refractivity contribution < 1.29 is 4.79 Å². The Balaban J connectivity index is 1.33. The summed E-state index contributed by atoms with van der Waals surface area (Å²) in [5, 5.41) is 4.74. The summed E-state index contributed by atoms with van der Waals surface area (Å²) in [6.07, 6.45) is 0. The third-order valence-electron chi connectivity index (χ3n) is 6.38. The van der Waals surface area contributed by atoms with Crippen LogP contribution in [0.4, 0.5) is 16.6 Å². The maximum absolute atomic E-state index is 12.9. The van der Waals surface area contributed by atoms with Crippen molar-refractivity contribution in [2.45, 2.75) is 13.0 Å². The molecule has 7 nitrogen and oxygen atoms in total. The Morgan fingerprint density at radius 2 is 1.63 bits per heavy atom. The maximum Gasteiger partial charge on any atom is 0.317 e. The summed E-state index contributed by atoms with van der Waals surface area (Å²) < 4.78 is 0. The van der Waals surface area contributed by atoms with Crippen molar-refractivity contribution in [2.24, 2.45) is 0 Å². The number of amides is 2. The summed E-state index contributed by atoms with van der Waals surface area (Å²) in [7, 11) is 0. The Kier molecular flexibility index (Phi) is 6.42. The minimum absolute atomic E-state index is 0.0568. The first kappa shape index (κ1) is 22.9. The third kappa shape index (κ3) is 5.00. The van der Waals surface area contributed by atoms with Gasteiger partial charge in [0.05, 0.1) is 11.6 Å². The Labute approximate surface area is 209 Å². The molecule has 0 saturated carbocycles. The van der Waals surface area contributed by atoms with E-state index >= 15 is 0 Å². The van der Waals surface area contributed by atoms with Gasteiger partial charge >= 0.3 is 6.03 Å². The molecule has 1 aromatic heterocycles. The van der Waals surface area contributed by atoms with Crippen LogP contribution in [0.25, 0.3) is 22.0 Å². The van der Waals surface area contributed by atoms with Gasteiger partial charge < -0.3 is 20.9 Å². The largest absolute Gasteiger partial charge is 0.368 e. The molecule has 1 aliphatic rings. The minimum Gasteiger partial charge on any atom is -0.368 e. The van der Waals surface area contributed by atoms with E-state index in [1.807, 2.05) is 78.6 Å². The van der Waals surface area contributed by atoms with E-state index in [2.05, 4.69) is 26.3 Å². The van der Waals surface area contributed by atoms with Crippen molar-refractivity contribution in [2.75, 3.05) is 36.8 Å². The summed E-state index contributed by atoms with van der Waals surface area (Å²) in [6, 6.07) is 23.7. The number of carbonyl (C=O) groups excluding carboxylic acids is 1. The van der Waals surface area contributed by atoms with E-state index in [4.69, 9.17) is 17.3 Å². The number of halogens is 1. The molecule has 0 radical (unpaired) electrons. The minimum atomic E-state index is -0.0573. The molecule has 1 aliphatic heterocycles. The molecule has 1 fully saturated rings. The summed E-state index contributed by atoms with van der Waals surface area (Å²) in [5.74, 6) is 1.03. The fourth-order valence-electron chi connectivity index (χ4n) is 4.42. The number of anilines is 2. The first-order chi connectivity index (χ1) is 17.0. The van der Waals surface area contributed by atoms with E-state index in [-0.39, 0.29) is 18.0 Å². The molecule has 3 N–H and O–H groups in total. The fourth-order valence-corrected chi connectivity index (χ4v) is 4.54. The molecule has 5 rings (SSSR count). The molecule has 0 spiro atoms. The second kappa shape index (κ2) is 9.80. The van der Waals surface area contributed by atoms with Crippen LogP contribution >= 0.6 is 11.6 Å². The van der Waals surface area contributed by atoms with Crippen LogP contribution in [0.2, 0.25) is 5.02 Å². The summed E-state index contributed by atoms with van der Waals surface area (Å²) in [4.78, 5) is 25.9. The molecule has 8 heteroatoms. The van der Waals surface area contributed by atoms with Crippen molar-refractivity contribution >= 4 is 40.3 Å². The standard InChI is InChI=1S/C27H27ClN6O/c1-18(19-5-3-2-4-6-19)30-27(35)34-15-13-33(14-16-34)25-23-17-21(20-7-10-22(28)11-8-20)9-12-24(23)31-26(29)32-25/h2-12,17-18H,13-16H2,1H3,(H,30,35)(H2,29,31,32)/t18-/m1/s1. The van der Waals surface area contributed by atoms with Crippen LogP contribution in [0.5, 0.6) is 0 Å². The molecular weight excluding hydrogens is 460 g/mol. The van der Waals surface area contributed by atoms with Crippen molar-refractivity contribution in [3.05, 3.63) is 83.4 Å². The molecule has 35 heavy (non-hydrogen) atoms. The van der Waals surface area contributed by atoms with Gasteiger partial charge in [-0.25, -0.2) is 9.78 Å². The number of fused-ring (bicyclic) bond motifs is 1. The molecule has 0 unspecified atom stereocenters. The van der Waals surface area contributed by atoms with Crippen molar-refractivity contribution in [1.82, 2.24) is 20.2 Å². The zero-order valence-corrected chi connectivity index (χ0v) is 20.2. The number of carbonyl (C=O) groups is 1. The molecule has 3 aromatic carbocycles. The molecule has 2 heterocycles. The number of nitrogens with zero attached hydrogens (tertiary/aromatic N) is 4. The highest BCUT2D eigenvalue weighted by atomic mass is 35.5. The molecule has 0 bridgehead atoms. The van der Waals surface area contributed by atoms with E-state index in [1.54, 1.807) is 0 Å². The Morgan fingerprint density at radius 1 is 0.943 bits per heavy atom. The van der Waals surface area contributed by atoms with E-state index in [9.17, 15) is 4.79 Å². The van der Waals surface area contributed by atoms with Crippen LogP contribution in [-0.2, 0) is 0 Å². The van der Waals surface area contributed by atoms with Gasteiger partial charge in [-0.3, -0.25) is 0 Å². The van der Waals surface area contributed by atoms with Crippen LogP contribution in [-0.4, -0.2) is 47.1 Å². The smallest absolute Gasteiger partial charge is 0.317 e. The Bertz CT molecular complexity index is 1340. The van der Waals surface area contributed by atoms with Gasteiger partial charge in [0, 0.05) is 36.6 Å². The predicted octanol–water partition coefficient (Wildman–Crippen LogP) is 5.13. The second-order valence-corrected chi connectivity index (χ2v) is 9.14. The highest BCUT2D eigenvalue weighted by Crippen LogP contribution is 2.31. The average Bonchev–Trinajstić information content (AvgIpc) is 2.89. The van der Waals surface area contributed by atoms with Crippen LogP contribution in [0, 0.1) is 0 Å². The Hall–Kier alpha value is -3.84. The number of urea groups is 1. The molecule has 178 valence electrons. The number of benzene rings is 3. The van der Waals surface area contributed by atoms with Crippen molar-refractivity contribution in [1.29, 1.82) is 0 Å². The molecule has 4 aromatic rings. The average molecular weight is 487 g/mol. The fraction of sp³-hybridized carbons (Fsp3) is 0.222. The highest BCUT2D eigenvalue weighted by Gasteiger charge is 2.24. The lowest BCUT2D eigenvalue weighted by molar-refractivity contribution is 0.191. The third-order valence-corrected chi connectivity index (χ3v) is 6.63. The number of rotatable bonds is 4. The zero-order chi connectivity index (χ0) is 24.4. The molecular formula is C27H27ClN6O. The van der Waals surface area contributed by atoms with Gasteiger partial charge in [0.15, 0.2) is 0 Å². The predicted molar refractivity (Wildman–Crippen MR) is 142 cm³/mol. The van der Waals surface area contributed by atoms with Gasteiger partial charge in [-0.1, -0.05) is 60.1 Å².